The molecule has 1 aromatic carbocycles. The van der Waals surface area contributed by atoms with Crippen LogP contribution in [0.5, 0.6) is 0 Å². The minimum Gasteiger partial charge on any atom is -0.386 e. The van der Waals surface area contributed by atoms with Crippen LogP contribution in [0.2, 0.25) is 0 Å². The van der Waals surface area contributed by atoms with Crippen LogP contribution in [0.1, 0.15) is 24.5 Å². The number of hydrogen-bond acceptors (Lipinski definition) is 6. The Bertz CT molecular complexity index is 800. The number of aliphatic imine (C=N–C) groups is 1. The van der Waals surface area contributed by atoms with Crippen LogP contribution in [0.15, 0.2) is 29.3 Å². The van der Waals surface area contributed by atoms with Gasteiger partial charge in [0.05, 0.1) is 17.6 Å². The second kappa shape index (κ2) is 4.80. The third kappa shape index (κ3) is 1.25. The summed E-state index contributed by atoms with van der Waals surface area (Å²) in [5.41, 5.74) is 4.71. The van der Waals surface area contributed by atoms with Crippen LogP contribution in [0, 0.1) is 40.4 Å². The predicted molar refractivity (Wildman–Crippen MR) is 87.6 cm³/mol. The summed E-state index contributed by atoms with van der Waals surface area (Å²) < 4.78 is 11.1. The molecule has 0 amide bonds. The molecule has 3 rings (SSSR count). The third-order valence-electron chi connectivity index (χ3n) is 5.87. The summed E-state index contributed by atoms with van der Waals surface area (Å²) in [4.78, 5) is 4.27. The molecule has 3 atom stereocenters. The van der Waals surface area contributed by atoms with E-state index in [2.05, 4.69) is 17.1 Å². The van der Waals surface area contributed by atoms with Crippen molar-refractivity contribution in [1.29, 1.82) is 10.5 Å². The molecule has 1 aromatic rings. The van der Waals surface area contributed by atoms with Gasteiger partial charge in [0.15, 0.2) is 10.8 Å². The first kappa shape index (κ1) is 16.4. The SMILES string of the molecule is CC[C@]1(c2ccc(C)cc2)[C@]2(C#N)C(N)=NC(OC)(OC)[C@@]21C#N. The molecule has 2 aliphatic rings. The molecule has 1 saturated carbocycles. The lowest BCUT2D eigenvalue weighted by Gasteiger charge is -2.33. The van der Waals surface area contributed by atoms with E-state index in [1.165, 1.54) is 14.2 Å². The van der Waals surface area contributed by atoms with E-state index in [4.69, 9.17) is 15.2 Å². The van der Waals surface area contributed by atoms with Gasteiger partial charge in [-0.25, -0.2) is 4.99 Å². The fourth-order valence-electron chi connectivity index (χ4n) is 4.84. The highest BCUT2D eigenvalue weighted by atomic mass is 16.7. The zero-order valence-electron chi connectivity index (χ0n) is 14.3. The number of methoxy groups -OCH3 is 2. The molecule has 1 fully saturated rings. The summed E-state index contributed by atoms with van der Waals surface area (Å²) in [6.45, 7) is 3.93. The molecule has 1 aliphatic carbocycles. The van der Waals surface area contributed by atoms with Crippen molar-refractivity contribution in [2.24, 2.45) is 21.6 Å². The fourth-order valence-corrected chi connectivity index (χ4v) is 4.84. The summed E-state index contributed by atoms with van der Waals surface area (Å²) in [5.74, 6) is -1.50. The molecule has 0 unspecified atom stereocenters. The van der Waals surface area contributed by atoms with Crippen molar-refractivity contribution in [2.75, 3.05) is 14.2 Å². The normalized spacial score (nSPS) is 35.5. The van der Waals surface area contributed by atoms with Crippen molar-refractivity contribution >= 4 is 5.84 Å². The monoisotopic (exact) mass is 324 g/mol. The van der Waals surface area contributed by atoms with E-state index >= 15 is 0 Å². The standard InChI is InChI=1S/C18H20N4O2/c1-5-15(13-8-6-12(2)7-9-13)16(10-19)14(21)22-18(23-3,24-4)17(15,16)11-20/h6-9H,5H2,1-4H3,(H2,21,22)/t15-,16-,17+/m0/s1. The molecule has 0 bridgehead atoms. The zero-order valence-corrected chi connectivity index (χ0v) is 14.3. The van der Waals surface area contributed by atoms with E-state index in [-0.39, 0.29) is 5.84 Å². The first-order valence-corrected chi connectivity index (χ1v) is 7.79. The fraction of sp³-hybridized carbons (Fsp3) is 0.500. The second-order valence-corrected chi connectivity index (χ2v) is 6.34. The lowest BCUT2D eigenvalue weighted by atomic mass is 9.80. The van der Waals surface area contributed by atoms with Crippen LogP contribution in [0.4, 0.5) is 0 Å². The smallest absolute Gasteiger partial charge is 0.293 e. The summed E-state index contributed by atoms with van der Waals surface area (Å²) in [6.07, 6.45) is 0.530. The summed E-state index contributed by atoms with van der Waals surface area (Å²) in [5, 5.41) is 20.2. The molecule has 6 nitrogen and oxygen atoms in total. The summed E-state index contributed by atoms with van der Waals surface area (Å²) >= 11 is 0. The van der Waals surface area contributed by atoms with Crippen LogP contribution in [0.3, 0.4) is 0 Å². The summed E-state index contributed by atoms with van der Waals surface area (Å²) in [6, 6.07) is 12.4. The molecule has 24 heavy (non-hydrogen) atoms. The largest absolute Gasteiger partial charge is 0.386 e. The lowest BCUT2D eigenvalue weighted by molar-refractivity contribution is -0.234. The number of rotatable bonds is 4. The minimum absolute atomic E-state index is 0.0951. The van der Waals surface area contributed by atoms with Gasteiger partial charge in [-0.05, 0) is 18.9 Å². The molecule has 1 aliphatic heterocycles. The number of nitriles is 2. The quantitative estimate of drug-likeness (QED) is 0.853. The first-order chi connectivity index (χ1) is 11.4. The van der Waals surface area contributed by atoms with E-state index in [0.29, 0.717) is 6.42 Å². The number of amidine groups is 1. The first-order valence-electron chi connectivity index (χ1n) is 7.79. The van der Waals surface area contributed by atoms with E-state index in [1.807, 2.05) is 38.1 Å². The molecule has 0 radical (unpaired) electrons. The number of nitrogens with zero attached hydrogens (tertiary/aromatic N) is 3. The van der Waals surface area contributed by atoms with Crippen LogP contribution in [-0.2, 0) is 14.9 Å². The molecule has 1 heterocycles. The Morgan fingerprint density at radius 1 is 1.12 bits per heavy atom. The Kier molecular flexibility index (Phi) is 3.29. The average molecular weight is 324 g/mol. The Labute approximate surface area is 141 Å². The van der Waals surface area contributed by atoms with Gasteiger partial charge in [0, 0.05) is 14.2 Å². The van der Waals surface area contributed by atoms with Crippen LogP contribution < -0.4 is 5.73 Å². The number of ether oxygens (including phenoxy) is 2. The molecule has 0 spiro atoms. The Balaban J connectivity index is 2.38. The Morgan fingerprint density at radius 2 is 1.71 bits per heavy atom. The van der Waals surface area contributed by atoms with Gasteiger partial charge in [0.2, 0.25) is 0 Å². The Morgan fingerprint density at radius 3 is 2.12 bits per heavy atom. The maximum Gasteiger partial charge on any atom is 0.293 e. The number of benzene rings is 1. The maximum absolute atomic E-state index is 10.2. The van der Waals surface area contributed by atoms with Gasteiger partial charge in [-0.3, -0.25) is 0 Å². The van der Waals surface area contributed by atoms with Crippen molar-refractivity contribution in [2.45, 2.75) is 31.6 Å². The van der Waals surface area contributed by atoms with Crippen LogP contribution in [-0.4, -0.2) is 26.0 Å². The highest BCUT2D eigenvalue weighted by Crippen LogP contribution is 2.86. The Hall–Kier alpha value is -2.41. The highest BCUT2D eigenvalue weighted by molar-refractivity contribution is 6.02. The third-order valence-corrected chi connectivity index (χ3v) is 5.87. The van der Waals surface area contributed by atoms with E-state index in [1.54, 1.807) is 0 Å². The minimum atomic E-state index is -1.59. The lowest BCUT2D eigenvalue weighted by Crippen LogP contribution is -2.45. The number of fused-ring (bicyclic) bond motifs is 1. The molecule has 2 N–H and O–H groups in total. The molecule has 0 aromatic heterocycles. The number of hydrogen-bond donors (Lipinski definition) is 1. The average Bonchev–Trinajstić information content (AvgIpc) is 3.10. The molecule has 0 saturated heterocycles. The van der Waals surface area contributed by atoms with Crippen molar-refractivity contribution in [3.05, 3.63) is 35.4 Å². The van der Waals surface area contributed by atoms with Crippen LogP contribution in [0.25, 0.3) is 0 Å². The maximum atomic E-state index is 10.2. The van der Waals surface area contributed by atoms with Gasteiger partial charge >= 0.3 is 0 Å². The van der Waals surface area contributed by atoms with Crippen molar-refractivity contribution in [3.8, 4) is 12.1 Å². The second-order valence-electron chi connectivity index (χ2n) is 6.34. The van der Waals surface area contributed by atoms with Gasteiger partial charge in [-0.15, -0.1) is 0 Å². The van der Waals surface area contributed by atoms with Crippen LogP contribution >= 0.6 is 0 Å². The molecule has 6 heteroatoms. The van der Waals surface area contributed by atoms with Gasteiger partial charge < -0.3 is 15.2 Å². The summed E-state index contributed by atoms with van der Waals surface area (Å²) in [7, 11) is 2.83. The number of nitrogens with two attached hydrogens (primary N) is 1. The molecule has 124 valence electrons. The van der Waals surface area contributed by atoms with Gasteiger partial charge in [-0.2, -0.15) is 10.5 Å². The molecular formula is C18H20N4O2. The van der Waals surface area contributed by atoms with E-state index < -0.39 is 22.2 Å². The van der Waals surface area contributed by atoms with Crippen molar-refractivity contribution in [1.82, 2.24) is 0 Å². The van der Waals surface area contributed by atoms with Gasteiger partial charge in [-0.1, -0.05) is 36.8 Å². The highest BCUT2D eigenvalue weighted by Gasteiger charge is 3.00. The molecular weight excluding hydrogens is 304 g/mol. The van der Waals surface area contributed by atoms with Gasteiger partial charge in [0.25, 0.3) is 5.91 Å². The van der Waals surface area contributed by atoms with Gasteiger partial charge in [0.1, 0.15) is 5.84 Å². The van der Waals surface area contributed by atoms with Crippen molar-refractivity contribution < 1.29 is 9.47 Å². The van der Waals surface area contributed by atoms with E-state index in [0.717, 1.165) is 11.1 Å². The zero-order chi connectivity index (χ0) is 17.8. The number of aryl methyl sites for hydroxylation is 1. The predicted octanol–water partition coefficient (Wildman–Crippen LogP) is 1.99. The van der Waals surface area contributed by atoms with Crippen molar-refractivity contribution in [3.63, 3.8) is 0 Å². The van der Waals surface area contributed by atoms with E-state index in [9.17, 15) is 10.5 Å². The topological polar surface area (TPSA) is 104 Å².